The summed E-state index contributed by atoms with van der Waals surface area (Å²) < 4.78 is 11.7. The summed E-state index contributed by atoms with van der Waals surface area (Å²) in [6.45, 7) is 7.09. The molecule has 1 aliphatic heterocycles. The van der Waals surface area contributed by atoms with Gasteiger partial charge in [-0.2, -0.15) is 5.26 Å². The van der Waals surface area contributed by atoms with Gasteiger partial charge in [0.2, 0.25) is 0 Å². The highest BCUT2D eigenvalue weighted by Crippen LogP contribution is 2.42. The van der Waals surface area contributed by atoms with E-state index in [0.717, 1.165) is 50.9 Å². The molecular formula is C24H37NO3. The molecule has 4 heteroatoms. The van der Waals surface area contributed by atoms with Crippen molar-refractivity contribution in [3.63, 3.8) is 0 Å². The molecule has 1 N–H and O–H groups in total. The SMILES string of the molecule is CC.CCCCCC(O)CCC1OCC2Cc3c(cccc3OCC#N)CC21. The Bertz CT molecular complexity index is 625. The lowest BCUT2D eigenvalue weighted by Gasteiger charge is -2.30. The lowest BCUT2D eigenvalue weighted by atomic mass is 9.74. The number of fused-ring (bicyclic) bond motifs is 2. The van der Waals surface area contributed by atoms with Crippen molar-refractivity contribution in [3.8, 4) is 11.8 Å². The predicted octanol–water partition coefficient (Wildman–Crippen LogP) is 5.07. The molecule has 3 rings (SSSR count). The van der Waals surface area contributed by atoms with E-state index in [1.807, 2.05) is 26.0 Å². The van der Waals surface area contributed by atoms with Gasteiger partial charge in [0.15, 0.2) is 6.61 Å². The van der Waals surface area contributed by atoms with Crippen LogP contribution in [0.25, 0.3) is 0 Å². The molecule has 1 saturated heterocycles. The Kier molecular flexibility index (Phi) is 9.81. The van der Waals surface area contributed by atoms with Gasteiger partial charge in [-0.25, -0.2) is 0 Å². The van der Waals surface area contributed by atoms with E-state index in [2.05, 4.69) is 19.1 Å². The molecule has 2 aliphatic rings. The molecule has 1 heterocycles. The average Bonchev–Trinajstić information content (AvgIpc) is 3.12. The molecule has 4 unspecified atom stereocenters. The van der Waals surface area contributed by atoms with Crippen LogP contribution in [0.1, 0.15) is 70.4 Å². The minimum absolute atomic E-state index is 0.0968. The molecule has 4 atom stereocenters. The highest BCUT2D eigenvalue weighted by atomic mass is 16.5. The number of hydrogen-bond donors (Lipinski definition) is 1. The van der Waals surface area contributed by atoms with E-state index in [4.69, 9.17) is 14.7 Å². The van der Waals surface area contributed by atoms with E-state index in [9.17, 15) is 5.11 Å². The summed E-state index contributed by atoms with van der Waals surface area (Å²) in [5.41, 5.74) is 2.59. The second-order valence-electron chi connectivity index (χ2n) is 7.77. The molecule has 156 valence electrons. The van der Waals surface area contributed by atoms with Gasteiger partial charge >= 0.3 is 0 Å². The zero-order valence-corrected chi connectivity index (χ0v) is 17.8. The molecule has 0 radical (unpaired) electrons. The van der Waals surface area contributed by atoms with E-state index in [-0.39, 0.29) is 18.8 Å². The molecule has 0 saturated carbocycles. The van der Waals surface area contributed by atoms with Crippen LogP contribution in [0.3, 0.4) is 0 Å². The van der Waals surface area contributed by atoms with Crippen LogP contribution >= 0.6 is 0 Å². The van der Waals surface area contributed by atoms with E-state index >= 15 is 0 Å². The number of aliphatic hydroxyl groups excluding tert-OH is 1. The van der Waals surface area contributed by atoms with E-state index < -0.39 is 0 Å². The lowest BCUT2D eigenvalue weighted by Crippen LogP contribution is -2.29. The van der Waals surface area contributed by atoms with Gasteiger partial charge in [0.25, 0.3) is 0 Å². The lowest BCUT2D eigenvalue weighted by molar-refractivity contribution is 0.0616. The van der Waals surface area contributed by atoms with Crippen molar-refractivity contribution >= 4 is 0 Å². The summed E-state index contributed by atoms with van der Waals surface area (Å²) in [7, 11) is 0. The molecule has 0 aromatic heterocycles. The van der Waals surface area contributed by atoms with Crippen LogP contribution < -0.4 is 4.74 Å². The van der Waals surface area contributed by atoms with Gasteiger partial charge in [-0.1, -0.05) is 52.2 Å². The number of unbranched alkanes of at least 4 members (excludes halogenated alkanes) is 2. The van der Waals surface area contributed by atoms with Crippen molar-refractivity contribution in [1.82, 2.24) is 0 Å². The molecule has 0 bridgehead atoms. The number of hydrogen-bond acceptors (Lipinski definition) is 4. The number of aliphatic hydroxyl groups is 1. The zero-order valence-electron chi connectivity index (χ0n) is 17.8. The first-order valence-corrected chi connectivity index (χ1v) is 11.1. The maximum Gasteiger partial charge on any atom is 0.174 e. The molecule has 0 amide bonds. The minimum atomic E-state index is -0.189. The summed E-state index contributed by atoms with van der Waals surface area (Å²) in [4.78, 5) is 0. The molecule has 1 aromatic rings. The minimum Gasteiger partial charge on any atom is -0.478 e. The van der Waals surface area contributed by atoms with Gasteiger partial charge in [-0.15, -0.1) is 0 Å². The topological polar surface area (TPSA) is 62.5 Å². The van der Waals surface area contributed by atoms with Crippen LogP contribution in [0, 0.1) is 23.2 Å². The van der Waals surface area contributed by atoms with Crippen LogP contribution in [0.4, 0.5) is 0 Å². The van der Waals surface area contributed by atoms with Crippen molar-refractivity contribution in [2.45, 2.75) is 84.3 Å². The van der Waals surface area contributed by atoms with E-state index in [1.54, 1.807) is 0 Å². The van der Waals surface area contributed by atoms with Crippen molar-refractivity contribution in [1.29, 1.82) is 5.26 Å². The van der Waals surface area contributed by atoms with E-state index in [1.165, 1.54) is 24.0 Å². The number of rotatable bonds is 9. The number of nitriles is 1. The quantitative estimate of drug-likeness (QED) is 0.601. The first-order valence-electron chi connectivity index (χ1n) is 11.1. The number of benzene rings is 1. The second-order valence-corrected chi connectivity index (χ2v) is 7.77. The highest BCUT2D eigenvalue weighted by molar-refractivity contribution is 5.43. The van der Waals surface area contributed by atoms with Crippen molar-refractivity contribution in [3.05, 3.63) is 29.3 Å². The first kappa shape index (κ1) is 22.7. The van der Waals surface area contributed by atoms with Crippen molar-refractivity contribution in [2.24, 2.45) is 11.8 Å². The molecule has 4 nitrogen and oxygen atoms in total. The summed E-state index contributed by atoms with van der Waals surface area (Å²) in [5, 5.41) is 19.0. The first-order chi connectivity index (χ1) is 13.7. The van der Waals surface area contributed by atoms with Crippen LogP contribution in [0.2, 0.25) is 0 Å². The van der Waals surface area contributed by atoms with Gasteiger partial charge in [0, 0.05) is 0 Å². The molecule has 1 fully saturated rings. The third kappa shape index (κ3) is 5.96. The maximum absolute atomic E-state index is 10.2. The van der Waals surface area contributed by atoms with Crippen LogP contribution in [-0.2, 0) is 17.6 Å². The fraction of sp³-hybridized carbons (Fsp3) is 0.708. The fourth-order valence-electron chi connectivity index (χ4n) is 4.53. The Morgan fingerprint density at radius 2 is 2.07 bits per heavy atom. The summed E-state index contributed by atoms with van der Waals surface area (Å²) in [6, 6.07) is 8.22. The van der Waals surface area contributed by atoms with Gasteiger partial charge in [0.05, 0.1) is 18.8 Å². The number of ether oxygens (including phenoxy) is 2. The summed E-state index contributed by atoms with van der Waals surface area (Å²) >= 11 is 0. The fourth-order valence-corrected chi connectivity index (χ4v) is 4.53. The normalized spacial score (nSPS) is 23.6. The van der Waals surface area contributed by atoms with Crippen LogP contribution in [0.5, 0.6) is 5.75 Å². The zero-order chi connectivity index (χ0) is 20.4. The highest BCUT2D eigenvalue weighted by Gasteiger charge is 2.40. The van der Waals surface area contributed by atoms with Gasteiger partial charge in [-0.3, -0.25) is 0 Å². The molecule has 1 aliphatic carbocycles. The van der Waals surface area contributed by atoms with Gasteiger partial charge in [-0.05, 0) is 61.1 Å². The Balaban J connectivity index is 0.00000136. The van der Waals surface area contributed by atoms with Gasteiger partial charge < -0.3 is 14.6 Å². The molecule has 1 aromatic carbocycles. The monoisotopic (exact) mass is 387 g/mol. The summed E-state index contributed by atoms with van der Waals surface area (Å²) in [6.07, 6.45) is 8.28. The Labute approximate surface area is 170 Å². The standard InChI is InChI=1S/C22H31NO3.C2H6/c1-2-3-4-7-18(24)9-10-22-20-13-16-6-5-8-21(25-12-11-23)19(16)14-17(20)15-26-22;1-2/h5-6,8,17-18,20,22,24H,2-4,7,9-10,12-15H2,1H3;1-2H3. The number of nitrogens with zero attached hydrogens (tertiary/aromatic N) is 1. The van der Waals surface area contributed by atoms with E-state index in [0.29, 0.717) is 11.8 Å². The van der Waals surface area contributed by atoms with Crippen molar-refractivity contribution < 1.29 is 14.6 Å². The van der Waals surface area contributed by atoms with Crippen LogP contribution in [0.15, 0.2) is 18.2 Å². The third-order valence-corrected chi connectivity index (χ3v) is 5.98. The van der Waals surface area contributed by atoms with Gasteiger partial charge in [0.1, 0.15) is 11.8 Å². The Hall–Kier alpha value is -1.57. The third-order valence-electron chi connectivity index (χ3n) is 5.98. The molecule has 28 heavy (non-hydrogen) atoms. The van der Waals surface area contributed by atoms with Crippen LogP contribution in [-0.4, -0.2) is 30.5 Å². The molecular weight excluding hydrogens is 350 g/mol. The summed E-state index contributed by atoms with van der Waals surface area (Å²) in [5.74, 6) is 1.92. The smallest absolute Gasteiger partial charge is 0.174 e. The molecule has 0 spiro atoms. The Morgan fingerprint density at radius 1 is 1.25 bits per heavy atom. The largest absolute Gasteiger partial charge is 0.478 e. The average molecular weight is 388 g/mol. The predicted molar refractivity (Wildman–Crippen MR) is 112 cm³/mol. The Morgan fingerprint density at radius 3 is 2.82 bits per heavy atom. The maximum atomic E-state index is 10.2. The van der Waals surface area contributed by atoms with Crippen molar-refractivity contribution in [2.75, 3.05) is 13.2 Å². The second kappa shape index (κ2) is 12.1.